The number of hydrogen-bond acceptors (Lipinski definition) is 7. The lowest BCUT2D eigenvalue weighted by atomic mass is 10.2. The topological polar surface area (TPSA) is 112 Å². The quantitative estimate of drug-likeness (QED) is 0.394. The highest BCUT2D eigenvalue weighted by Crippen LogP contribution is 2.29. The molecule has 0 aliphatic heterocycles. The third-order valence-corrected chi connectivity index (χ3v) is 6.56. The van der Waals surface area contributed by atoms with Crippen molar-refractivity contribution in [1.29, 1.82) is 0 Å². The average molecular weight is 431 g/mol. The van der Waals surface area contributed by atoms with Crippen molar-refractivity contribution in [2.24, 2.45) is 0 Å². The van der Waals surface area contributed by atoms with Crippen LogP contribution in [-0.4, -0.2) is 53.0 Å². The van der Waals surface area contributed by atoms with E-state index in [1.165, 1.54) is 40.5 Å². The summed E-state index contributed by atoms with van der Waals surface area (Å²) >= 11 is 7.21. The van der Waals surface area contributed by atoms with Gasteiger partial charge in [0.2, 0.25) is 10.0 Å². The predicted octanol–water partition coefficient (Wildman–Crippen LogP) is 2.84. The van der Waals surface area contributed by atoms with Gasteiger partial charge in [-0.2, -0.15) is 4.31 Å². The van der Waals surface area contributed by atoms with Crippen LogP contribution in [0.3, 0.4) is 0 Å². The Labute approximate surface area is 167 Å². The van der Waals surface area contributed by atoms with Gasteiger partial charge in [0.05, 0.1) is 21.8 Å². The Balaban J connectivity index is 2.39. The second kappa shape index (κ2) is 8.87. The molecule has 27 heavy (non-hydrogen) atoms. The van der Waals surface area contributed by atoms with Gasteiger partial charge in [-0.25, -0.2) is 18.4 Å². The molecule has 1 aromatic carbocycles. The minimum atomic E-state index is -3.74. The molecule has 11 heteroatoms. The molecule has 1 amide bonds. The number of benzene rings is 1. The summed E-state index contributed by atoms with van der Waals surface area (Å²) in [4.78, 5) is 20.4. The van der Waals surface area contributed by atoms with E-state index in [4.69, 9.17) is 11.6 Å². The maximum absolute atomic E-state index is 12.6. The van der Waals surface area contributed by atoms with Crippen LogP contribution >= 0.6 is 23.4 Å². The van der Waals surface area contributed by atoms with Gasteiger partial charge in [-0.05, 0) is 24.5 Å². The third-order valence-electron chi connectivity index (χ3n) is 3.68. The van der Waals surface area contributed by atoms with Crippen molar-refractivity contribution in [2.45, 2.75) is 23.9 Å². The summed E-state index contributed by atoms with van der Waals surface area (Å²) in [5.41, 5.74) is -0.138. The summed E-state index contributed by atoms with van der Waals surface area (Å²) in [5.74, 6) is -0.970. The number of phenols is 1. The largest absolute Gasteiger partial charge is 0.506 e. The SMILES string of the molecule is CCN(CC)S(=O)(=O)c1ccc(O)c(NC(=O)c2nc(SC)ncc2Cl)c1. The van der Waals surface area contributed by atoms with Crippen LogP contribution in [0.2, 0.25) is 5.02 Å². The monoisotopic (exact) mass is 430 g/mol. The number of hydrogen-bond donors (Lipinski definition) is 2. The Hall–Kier alpha value is -1.88. The number of carbonyl (C=O) groups is 1. The average Bonchev–Trinajstić information content (AvgIpc) is 2.64. The molecule has 2 N–H and O–H groups in total. The van der Waals surface area contributed by atoms with E-state index in [9.17, 15) is 18.3 Å². The fourth-order valence-corrected chi connectivity index (χ4v) is 4.28. The Kier molecular flexibility index (Phi) is 7.04. The Morgan fingerprint density at radius 3 is 2.59 bits per heavy atom. The molecule has 1 aromatic heterocycles. The van der Waals surface area contributed by atoms with E-state index in [-0.39, 0.29) is 27.0 Å². The lowest BCUT2D eigenvalue weighted by molar-refractivity contribution is 0.102. The molecule has 0 fully saturated rings. The first kappa shape index (κ1) is 21.4. The number of phenolic OH excluding ortho intramolecular Hbond substituents is 1. The highest BCUT2D eigenvalue weighted by molar-refractivity contribution is 7.98. The second-order valence-corrected chi connectivity index (χ2v) is 8.39. The molecule has 2 aromatic rings. The van der Waals surface area contributed by atoms with E-state index in [1.54, 1.807) is 20.1 Å². The number of sulfonamides is 1. The molecule has 0 unspecified atom stereocenters. The van der Waals surface area contributed by atoms with Gasteiger partial charge >= 0.3 is 0 Å². The number of carbonyl (C=O) groups excluding carboxylic acids is 1. The predicted molar refractivity (Wildman–Crippen MR) is 105 cm³/mol. The summed E-state index contributed by atoms with van der Waals surface area (Å²) in [6.45, 7) is 4.06. The van der Waals surface area contributed by atoms with Crippen LogP contribution in [0.5, 0.6) is 5.75 Å². The molecule has 0 aliphatic rings. The molecule has 0 saturated carbocycles. The van der Waals surface area contributed by atoms with Gasteiger partial charge in [0, 0.05) is 13.1 Å². The van der Waals surface area contributed by atoms with Gasteiger partial charge in [0.15, 0.2) is 10.9 Å². The van der Waals surface area contributed by atoms with Gasteiger partial charge in [0.25, 0.3) is 5.91 Å². The second-order valence-electron chi connectivity index (χ2n) is 5.28. The van der Waals surface area contributed by atoms with Crippen LogP contribution in [0.4, 0.5) is 5.69 Å². The zero-order valence-electron chi connectivity index (χ0n) is 14.9. The maximum Gasteiger partial charge on any atom is 0.276 e. The third kappa shape index (κ3) is 4.70. The highest BCUT2D eigenvalue weighted by Gasteiger charge is 2.23. The fourth-order valence-electron chi connectivity index (χ4n) is 2.28. The number of thioether (sulfide) groups is 1. The Morgan fingerprint density at radius 1 is 1.33 bits per heavy atom. The van der Waals surface area contributed by atoms with Gasteiger partial charge in [0.1, 0.15) is 5.75 Å². The zero-order chi connectivity index (χ0) is 20.2. The van der Waals surface area contributed by atoms with Gasteiger partial charge < -0.3 is 10.4 Å². The van der Waals surface area contributed by atoms with Crippen molar-refractivity contribution in [3.63, 3.8) is 0 Å². The fraction of sp³-hybridized carbons (Fsp3) is 0.312. The smallest absolute Gasteiger partial charge is 0.276 e. The minimum Gasteiger partial charge on any atom is -0.506 e. The number of nitrogens with zero attached hydrogens (tertiary/aromatic N) is 3. The van der Waals surface area contributed by atoms with E-state index in [0.717, 1.165) is 0 Å². The molecule has 2 rings (SSSR count). The molecule has 0 aliphatic carbocycles. The number of amides is 1. The first-order valence-electron chi connectivity index (χ1n) is 7.95. The first-order chi connectivity index (χ1) is 12.7. The van der Waals surface area contributed by atoms with Gasteiger partial charge in [-0.1, -0.05) is 37.2 Å². The van der Waals surface area contributed by atoms with E-state index >= 15 is 0 Å². The number of rotatable bonds is 7. The molecular weight excluding hydrogens is 412 g/mol. The van der Waals surface area contributed by atoms with Crippen molar-refractivity contribution in [3.05, 3.63) is 35.1 Å². The molecule has 0 saturated heterocycles. The molecule has 0 radical (unpaired) electrons. The van der Waals surface area contributed by atoms with Crippen LogP contribution in [0.15, 0.2) is 34.4 Å². The van der Waals surface area contributed by atoms with Crippen LogP contribution < -0.4 is 5.32 Å². The summed E-state index contributed by atoms with van der Waals surface area (Å²) in [5, 5.41) is 12.9. The van der Waals surface area contributed by atoms with Crippen LogP contribution in [0.25, 0.3) is 0 Å². The number of anilines is 1. The Morgan fingerprint density at radius 2 is 2.00 bits per heavy atom. The van der Waals surface area contributed by atoms with Crippen molar-refractivity contribution in [1.82, 2.24) is 14.3 Å². The minimum absolute atomic E-state index is 0.0386. The maximum atomic E-state index is 12.6. The normalized spacial score (nSPS) is 11.6. The molecule has 0 bridgehead atoms. The number of halogens is 1. The first-order valence-corrected chi connectivity index (χ1v) is 11.0. The van der Waals surface area contributed by atoms with Crippen molar-refractivity contribution in [3.8, 4) is 5.75 Å². The Bertz CT molecular complexity index is 949. The van der Waals surface area contributed by atoms with Crippen molar-refractivity contribution >= 4 is 45.0 Å². The molecule has 0 atom stereocenters. The summed E-state index contributed by atoms with van der Waals surface area (Å²) in [7, 11) is -3.74. The van der Waals surface area contributed by atoms with E-state index < -0.39 is 15.9 Å². The number of aromatic nitrogens is 2. The molecular formula is C16H19ClN4O4S2. The van der Waals surface area contributed by atoms with Gasteiger partial charge in [-0.15, -0.1) is 0 Å². The van der Waals surface area contributed by atoms with Crippen molar-refractivity contribution in [2.75, 3.05) is 24.7 Å². The number of nitrogens with one attached hydrogen (secondary N) is 1. The van der Waals surface area contributed by atoms with E-state index in [1.807, 2.05) is 0 Å². The lowest BCUT2D eigenvalue weighted by Gasteiger charge is -2.19. The molecule has 1 heterocycles. The molecule has 0 spiro atoms. The number of aromatic hydroxyl groups is 1. The van der Waals surface area contributed by atoms with E-state index in [2.05, 4.69) is 15.3 Å². The summed E-state index contributed by atoms with van der Waals surface area (Å²) in [6, 6.07) is 3.69. The molecule has 146 valence electrons. The zero-order valence-corrected chi connectivity index (χ0v) is 17.3. The lowest BCUT2D eigenvalue weighted by Crippen LogP contribution is -2.30. The van der Waals surface area contributed by atoms with Gasteiger partial charge in [-0.3, -0.25) is 4.79 Å². The van der Waals surface area contributed by atoms with Crippen LogP contribution in [0, 0.1) is 0 Å². The highest BCUT2D eigenvalue weighted by atomic mass is 35.5. The van der Waals surface area contributed by atoms with Crippen LogP contribution in [-0.2, 0) is 10.0 Å². The summed E-state index contributed by atoms with van der Waals surface area (Å²) < 4.78 is 26.6. The van der Waals surface area contributed by atoms with E-state index in [0.29, 0.717) is 18.2 Å². The van der Waals surface area contributed by atoms with Crippen LogP contribution in [0.1, 0.15) is 24.3 Å². The standard InChI is InChI=1S/C16H19ClN4O4S2/c1-4-21(5-2)27(24,25)10-6-7-13(22)12(8-10)19-15(23)14-11(17)9-18-16(20-14)26-3/h6-9,22H,4-5H2,1-3H3,(H,19,23). The molecule has 8 nitrogen and oxygen atoms in total. The van der Waals surface area contributed by atoms with Crippen molar-refractivity contribution < 1.29 is 18.3 Å². The summed E-state index contributed by atoms with van der Waals surface area (Å²) in [6.07, 6.45) is 3.05.